The molecular weight excluding hydrogens is 138 g/mol. The molecule has 1 fully saturated rings. The molecule has 1 aliphatic rings. The van der Waals surface area contributed by atoms with Crippen molar-refractivity contribution in [1.29, 1.82) is 0 Å². The second-order valence-electron chi connectivity index (χ2n) is 3.54. The van der Waals surface area contributed by atoms with E-state index in [-0.39, 0.29) is 0 Å². The molecule has 0 atom stereocenters. The van der Waals surface area contributed by atoms with Crippen molar-refractivity contribution >= 4 is 0 Å². The van der Waals surface area contributed by atoms with E-state index >= 15 is 0 Å². The van der Waals surface area contributed by atoms with Gasteiger partial charge in [-0.2, -0.15) is 0 Å². The first kappa shape index (κ1) is 6.89. The Morgan fingerprint density at radius 3 is 2.73 bits per heavy atom. The maximum Gasteiger partial charge on any atom is 0.196 e. The van der Waals surface area contributed by atoms with E-state index in [0.29, 0.717) is 11.8 Å². The molecule has 0 aliphatic heterocycles. The molecule has 2 rings (SSSR count). The second-order valence-corrected chi connectivity index (χ2v) is 3.54. The van der Waals surface area contributed by atoms with Crippen LogP contribution in [0.1, 0.15) is 50.1 Å². The fourth-order valence-corrected chi connectivity index (χ4v) is 1.13. The van der Waals surface area contributed by atoms with Crippen LogP contribution in [0.15, 0.2) is 10.7 Å². The van der Waals surface area contributed by atoms with Gasteiger partial charge in [0.15, 0.2) is 5.89 Å². The molecule has 0 amide bonds. The Kier molecular flexibility index (Phi) is 1.48. The lowest BCUT2D eigenvalue weighted by molar-refractivity contribution is 0.470. The Labute approximate surface area is 66.6 Å². The van der Waals surface area contributed by atoms with Crippen LogP contribution in [0.4, 0.5) is 0 Å². The SMILES string of the molecule is CC(C)c1nc(C2CC2)co1. The zero-order chi connectivity index (χ0) is 7.84. The number of oxazole rings is 1. The first-order valence-electron chi connectivity index (χ1n) is 4.22. The van der Waals surface area contributed by atoms with Crippen molar-refractivity contribution < 1.29 is 4.42 Å². The van der Waals surface area contributed by atoms with Crippen LogP contribution < -0.4 is 0 Å². The van der Waals surface area contributed by atoms with Crippen LogP contribution in [-0.4, -0.2) is 4.98 Å². The topological polar surface area (TPSA) is 26.0 Å². The van der Waals surface area contributed by atoms with E-state index in [1.165, 1.54) is 12.8 Å². The number of hydrogen-bond donors (Lipinski definition) is 0. The molecule has 11 heavy (non-hydrogen) atoms. The summed E-state index contributed by atoms with van der Waals surface area (Å²) in [4.78, 5) is 4.41. The van der Waals surface area contributed by atoms with Crippen LogP contribution >= 0.6 is 0 Å². The quantitative estimate of drug-likeness (QED) is 0.649. The summed E-state index contributed by atoms with van der Waals surface area (Å²) in [6, 6.07) is 0. The lowest BCUT2D eigenvalue weighted by atomic mass is 10.2. The summed E-state index contributed by atoms with van der Waals surface area (Å²) in [5, 5.41) is 0. The predicted octanol–water partition coefficient (Wildman–Crippen LogP) is 2.68. The lowest BCUT2D eigenvalue weighted by Crippen LogP contribution is -1.87. The van der Waals surface area contributed by atoms with E-state index in [9.17, 15) is 0 Å². The number of rotatable bonds is 2. The van der Waals surface area contributed by atoms with Gasteiger partial charge in [0.1, 0.15) is 6.26 Å². The molecule has 0 aromatic carbocycles. The standard InChI is InChI=1S/C9H13NO/c1-6(2)9-10-8(5-11-9)7-3-4-7/h5-7H,3-4H2,1-2H3. The average Bonchev–Trinajstić information content (AvgIpc) is 2.68. The van der Waals surface area contributed by atoms with E-state index in [0.717, 1.165) is 11.6 Å². The van der Waals surface area contributed by atoms with Gasteiger partial charge in [0, 0.05) is 11.8 Å². The van der Waals surface area contributed by atoms with Crippen molar-refractivity contribution in [1.82, 2.24) is 4.98 Å². The maximum absolute atomic E-state index is 5.32. The minimum atomic E-state index is 0.419. The number of nitrogens with zero attached hydrogens (tertiary/aromatic N) is 1. The van der Waals surface area contributed by atoms with Crippen molar-refractivity contribution in [3.63, 3.8) is 0 Å². The summed E-state index contributed by atoms with van der Waals surface area (Å²) < 4.78 is 5.32. The summed E-state index contributed by atoms with van der Waals surface area (Å²) in [6.45, 7) is 4.20. The molecule has 1 aromatic rings. The van der Waals surface area contributed by atoms with Gasteiger partial charge in [-0.05, 0) is 12.8 Å². The lowest BCUT2D eigenvalue weighted by Gasteiger charge is -1.93. The third-order valence-electron chi connectivity index (χ3n) is 2.03. The smallest absolute Gasteiger partial charge is 0.196 e. The molecule has 2 nitrogen and oxygen atoms in total. The maximum atomic E-state index is 5.32. The first-order valence-corrected chi connectivity index (χ1v) is 4.22. The summed E-state index contributed by atoms with van der Waals surface area (Å²) in [5.74, 6) is 2.01. The molecule has 60 valence electrons. The number of hydrogen-bond acceptors (Lipinski definition) is 2. The van der Waals surface area contributed by atoms with Gasteiger partial charge < -0.3 is 4.42 Å². The van der Waals surface area contributed by atoms with Gasteiger partial charge in [-0.15, -0.1) is 0 Å². The van der Waals surface area contributed by atoms with Crippen LogP contribution in [0.3, 0.4) is 0 Å². The van der Waals surface area contributed by atoms with E-state index < -0.39 is 0 Å². The van der Waals surface area contributed by atoms with Crippen molar-refractivity contribution in [2.45, 2.75) is 38.5 Å². The molecule has 0 saturated heterocycles. The van der Waals surface area contributed by atoms with Gasteiger partial charge in [0.05, 0.1) is 5.69 Å². The Morgan fingerprint density at radius 1 is 1.55 bits per heavy atom. The molecule has 1 heterocycles. The molecule has 0 unspecified atom stereocenters. The first-order chi connectivity index (χ1) is 5.27. The molecular formula is C9H13NO. The Balaban J connectivity index is 2.18. The second kappa shape index (κ2) is 2.36. The predicted molar refractivity (Wildman–Crippen MR) is 42.6 cm³/mol. The fraction of sp³-hybridized carbons (Fsp3) is 0.667. The minimum absolute atomic E-state index is 0.419. The highest BCUT2D eigenvalue weighted by atomic mass is 16.3. The highest BCUT2D eigenvalue weighted by molar-refractivity contribution is 5.11. The zero-order valence-corrected chi connectivity index (χ0v) is 7.00. The highest BCUT2D eigenvalue weighted by Crippen LogP contribution is 2.39. The van der Waals surface area contributed by atoms with Gasteiger partial charge in [-0.3, -0.25) is 0 Å². The van der Waals surface area contributed by atoms with E-state index in [1.807, 2.05) is 6.26 Å². The van der Waals surface area contributed by atoms with Crippen molar-refractivity contribution in [2.75, 3.05) is 0 Å². The van der Waals surface area contributed by atoms with Crippen LogP contribution in [0.25, 0.3) is 0 Å². The Hall–Kier alpha value is -0.790. The average molecular weight is 151 g/mol. The largest absolute Gasteiger partial charge is 0.448 e. The van der Waals surface area contributed by atoms with Crippen LogP contribution in [-0.2, 0) is 0 Å². The Morgan fingerprint density at radius 2 is 2.27 bits per heavy atom. The summed E-state index contributed by atoms with van der Waals surface area (Å²) in [7, 11) is 0. The molecule has 0 radical (unpaired) electrons. The summed E-state index contributed by atoms with van der Waals surface area (Å²) in [5.41, 5.74) is 1.16. The van der Waals surface area contributed by atoms with Crippen LogP contribution in [0.2, 0.25) is 0 Å². The zero-order valence-electron chi connectivity index (χ0n) is 7.00. The summed E-state index contributed by atoms with van der Waals surface area (Å²) in [6.07, 6.45) is 4.40. The van der Waals surface area contributed by atoms with Crippen molar-refractivity contribution in [3.05, 3.63) is 17.8 Å². The van der Waals surface area contributed by atoms with E-state index in [1.54, 1.807) is 0 Å². The van der Waals surface area contributed by atoms with Crippen molar-refractivity contribution in [2.24, 2.45) is 0 Å². The van der Waals surface area contributed by atoms with Gasteiger partial charge in [0.2, 0.25) is 0 Å². The molecule has 2 heteroatoms. The molecule has 1 aliphatic carbocycles. The van der Waals surface area contributed by atoms with Crippen LogP contribution in [0, 0.1) is 0 Å². The van der Waals surface area contributed by atoms with Crippen molar-refractivity contribution in [3.8, 4) is 0 Å². The van der Waals surface area contributed by atoms with Gasteiger partial charge in [-0.1, -0.05) is 13.8 Å². The fourth-order valence-electron chi connectivity index (χ4n) is 1.13. The van der Waals surface area contributed by atoms with Gasteiger partial charge in [0.25, 0.3) is 0 Å². The van der Waals surface area contributed by atoms with E-state index in [4.69, 9.17) is 4.42 Å². The third-order valence-corrected chi connectivity index (χ3v) is 2.03. The van der Waals surface area contributed by atoms with Gasteiger partial charge in [-0.25, -0.2) is 4.98 Å². The molecule has 1 aromatic heterocycles. The van der Waals surface area contributed by atoms with Crippen LogP contribution in [0.5, 0.6) is 0 Å². The molecule has 0 bridgehead atoms. The summed E-state index contributed by atoms with van der Waals surface area (Å²) >= 11 is 0. The Bertz CT molecular complexity index is 231. The van der Waals surface area contributed by atoms with Gasteiger partial charge >= 0.3 is 0 Å². The molecule has 0 N–H and O–H groups in total. The molecule has 1 saturated carbocycles. The minimum Gasteiger partial charge on any atom is -0.448 e. The van der Waals surface area contributed by atoms with E-state index in [2.05, 4.69) is 18.8 Å². The number of aromatic nitrogens is 1. The monoisotopic (exact) mass is 151 g/mol. The molecule has 0 spiro atoms. The normalized spacial score (nSPS) is 17.7. The highest BCUT2D eigenvalue weighted by Gasteiger charge is 2.27. The third kappa shape index (κ3) is 1.30.